The zero-order valence-corrected chi connectivity index (χ0v) is 14.5. The summed E-state index contributed by atoms with van der Waals surface area (Å²) in [7, 11) is -2.58. The molecule has 1 N–H and O–H groups in total. The fourth-order valence-electron chi connectivity index (χ4n) is 2.20. The SMILES string of the molecule is COc1nc(CS(=O)(=O)c2c[nH]c3nc(Cl)ccc23)c(F)cc1Cl. The summed E-state index contributed by atoms with van der Waals surface area (Å²) in [5, 5.41) is 0.547. The normalized spacial score (nSPS) is 11.8. The van der Waals surface area contributed by atoms with Gasteiger partial charge >= 0.3 is 0 Å². The second-order valence-electron chi connectivity index (χ2n) is 4.85. The fraction of sp³-hybridized carbons (Fsp3) is 0.143. The Balaban J connectivity index is 2.05. The lowest BCUT2D eigenvalue weighted by atomic mass is 10.3. The molecule has 0 atom stereocenters. The van der Waals surface area contributed by atoms with Crippen LogP contribution in [0.1, 0.15) is 5.69 Å². The predicted molar refractivity (Wildman–Crippen MR) is 87.8 cm³/mol. The minimum Gasteiger partial charge on any atom is -0.480 e. The number of H-pyrrole nitrogens is 1. The van der Waals surface area contributed by atoms with E-state index < -0.39 is 21.4 Å². The molecule has 0 aromatic carbocycles. The topological polar surface area (TPSA) is 84.9 Å². The van der Waals surface area contributed by atoms with Gasteiger partial charge in [-0.3, -0.25) is 0 Å². The van der Waals surface area contributed by atoms with Crippen LogP contribution in [0, 0.1) is 5.82 Å². The van der Waals surface area contributed by atoms with E-state index in [4.69, 9.17) is 27.9 Å². The van der Waals surface area contributed by atoms with Crippen molar-refractivity contribution in [3.05, 3.63) is 46.1 Å². The molecule has 3 aromatic heterocycles. The Hall–Kier alpha value is -1.90. The van der Waals surface area contributed by atoms with Gasteiger partial charge in [0, 0.05) is 11.6 Å². The van der Waals surface area contributed by atoms with Crippen LogP contribution in [0.4, 0.5) is 4.39 Å². The monoisotopic (exact) mass is 389 g/mol. The summed E-state index contributed by atoms with van der Waals surface area (Å²) in [6, 6.07) is 3.97. The van der Waals surface area contributed by atoms with Crippen molar-refractivity contribution in [1.29, 1.82) is 0 Å². The molecule has 0 amide bonds. The summed E-state index contributed by atoms with van der Waals surface area (Å²) in [6.45, 7) is 0. The van der Waals surface area contributed by atoms with Gasteiger partial charge in [-0.25, -0.2) is 22.8 Å². The highest BCUT2D eigenvalue weighted by atomic mass is 35.5. The lowest BCUT2D eigenvalue weighted by molar-refractivity contribution is 0.394. The van der Waals surface area contributed by atoms with E-state index in [1.165, 1.54) is 25.4 Å². The second-order valence-corrected chi connectivity index (χ2v) is 7.60. The molecule has 0 spiro atoms. The van der Waals surface area contributed by atoms with Gasteiger partial charge in [-0.15, -0.1) is 0 Å². The minimum atomic E-state index is -3.89. The van der Waals surface area contributed by atoms with Crippen LogP contribution in [0.15, 0.2) is 29.3 Å². The first-order valence-electron chi connectivity index (χ1n) is 6.57. The van der Waals surface area contributed by atoms with Gasteiger partial charge in [0.15, 0.2) is 9.84 Å². The van der Waals surface area contributed by atoms with E-state index in [-0.39, 0.29) is 26.6 Å². The van der Waals surface area contributed by atoms with Crippen molar-refractivity contribution in [1.82, 2.24) is 15.0 Å². The molecule has 3 aromatic rings. The molecule has 0 radical (unpaired) electrons. The average Bonchev–Trinajstić information content (AvgIpc) is 2.93. The highest BCUT2D eigenvalue weighted by molar-refractivity contribution is 7.90. The smallest absolute Gasteiger partial charge is 0.232 e. The molecule has 3 heterocycles. The number of nitrogens with zero attached hydrogens (tertiary/aromatic N) is 2. The number of pyridine rings is 2. The molecule has 10 heteroatoms. The van der Waals surface area contributed by atoms with Crippen molar-refractivity contribution >= 4 is 44.1 Å². The second kappa shape index (κ2) is 6.19. The van der Waals surface area contributed by atoms with Crippen LogP contribution in [-0.2, 0) is 15.6 Å². The molecule has 0 aliphatic heterocycles. The molecular weight excluding hydrogens is 380 g/mol. The Kier molecular flexibility index (Phi) is 4.37. The van der Waals surface area contributed by atoms with Crippen molar-refractivity contribution in [2.75, 3.05) is 7.11 Å². The third-order valence-corrected chi connectivity index (χ3v) is 5.43. The highest BCUT2D eigenvalue weighted by Crippen LogP contribution is 2.29. The molecule has 0 aliphatic carbocycles. The van der Waals surface area contributed by atoms with Gasteiger partial charge in [-0.05, 0) is 18.2 Å². The molecule has 0 saturated heterocycles. The quantitative estimate of drug-likeness (QED) is 0.691. The maximum absolute atomic E-state index is 14.0. The number of sulfone groups is 1. The lowest BCUT2D eigenvalue weighted by Crippen LogP contribution is -2.09. The molecule has 24 heavy (non-hydrogen) atoms. The summed E-state index contributed by atoms with van der Waals surface area (Å²) >= 11 is 11.5. The molecule has 0 fully saturated rings. The minimum absolute atomic E-state index is 0.0169. The summed E-state index contributed by atoms with van der Waals surface area (Å²) in [6.07, 6.45) is 1.29. The van der Waals surface area contributed by atoms with Gasteiger partial charge in [0.1, 0.15) is 27.4 Å². The molecule has 3 rings (SSSR count). The number of hydrogen-bond donors (Lipinski definition) is 1. The third kappa shape index (κ3) is 3.04. The summed E-state index contributed by atoms with van der Waals surface area (Å²) in [4.78, 5) is 10.5. The standard InChI is InChI=1S/C14H10Cl2FN3O3S/c1-23-14-8(15)4-9(17)10(19-14)6-24(21,22)11-5-18-13-7(11)2-3-12(16)20-13/h2-5H,6H2,1H3,(H,18,20). The zero-order valence-electron chi connectivity index (χ0n) is 12.2. The van der Waals surface area contributed by atoms with Gasteiger partial charge in [0.2, 0.25) is 5.88 Å². The number of rotatable bonds is 4. The highest BCUT2D eigenvalue weighted by Gasteiger charge is 2.24. The number of ether oxygens (including phenoxy) is 1. The first-order chi connectivity index (χ1) is 11.3. The van der Waals surface area contributed by atoms with Crippen LogP contribution < -0.4 is 4.74 Å². The van der Waals surface area contributed by atoms with E-state index >= 15 is 0 Å². The van der Waals surface area contributed by atoms with Gasteiger partial charge in [0.05, 0.1) is 17.7 Å². The predicted octanol–water partition coefficient (Wildman–Crippen LogP) is 3.39. The fourth-order valence-corrected chi connectivity index (χ4v) is 4.02. The largest absolute Gasteiger partial charge is 0.480 e. The summed E-state index contributed by atoms with van der Waals surface area (Å²) < 4.78 is 44.2. The van der Waals surface area contributed by atoms with E-state index in [2.05, 4.69) is 15.0 Å². The number of methoxy groups -OCH3 is 1. The molecule has 0 unspecified atom stereocenters. The molecular formula is C14H10Cl2FN3O3S. The van der Waals surface area contributed by atoms with Crippen molar-refractivity contribution in [3.8, 4) is 5.88 Å². The van der Waals surface area contributed by atoms with Crippen LogP contribution in [0.2, 0.25) is 10.2 Å². The van der Waals surface area contributed by atoms with Crippen LogP contribution in [-0.4, -0.2) is 30.5 Å². The molecule has 6 nitrogen and oxygen atoms in total. The average molecular weight is 390 g/mol. The van der Waals surface area contributed by atoms with Gasteiger partial charge < -0.3 is 9.72 Å². The van der Waals surface area contributed by atoms with E-state index in [1.54, 1.807) is 0 Å². The Labute approximate surface area is 146 Å². The summed E-state index contributed by atoms with van der Waals surface area (Å²) in [5.74, 6) is -1.52. The van der Waals surface area contributed by atoms with Crippen LogP contribution >= 0.6 is 23.2 Å². The van der Waals surface area contributed by atoms with Crippen LogP contribution in [0.5, 0.6) is 5.88 Å². The van der Waals surface area contributed by atoms with Crippen molar-refractivity contribution in [3.63, 3.8) is 0 Å². The van der Waals surface area contributed by atoms with Gasteiger partial charge in [0.25, 0.3) is 0 Å². The van der Waals surface area contributed by atoms with Crippen molar-refractivity contribution in [2.45, 2.75) is 10.6 Å². The van der Waals surface area contributed by atoms with E-state index in [9.17, 15) is 12.8 Å². The van der Waals surface area contributed by atoms with Gasteiger partial charge in [-0.1, -0.05) is 23.2 Å². The number of aromatic amines is 1. The van der Waals surface area contributed by atoms with Crippen LogP contribution in [0.25, 0.3) is 11.0 Å². The maximum Gasteiger partial charge on any atom is 0.232 e. The van der Waals surface area contributed by atoms with E-state index in [1.807, 2.05) is 0 Å². The Morgan fingerprint density at radius 1 is 1.29 bits per heavy atom. The maximum atomic E-state index is 14.0. The third-order valence-electron chi connectivity index (χ3n) is 3.29. The zero-order chi connectivity index (χ0) is 17.5. The van der Waals surface area contributed by atoms with E-state index in [0.29, 0.717) is 11.0 Å². The number of halogens is 3. The first kappa shape index (κ1) is 16.9. The number of hydrogen-bond acceptors (Lipinski definition) is 5. The number of fused-ring (bicyclic) bond motifs is 1. The lowest BCUT2D eigenvalue weighted by Gasteiger charge is -2.07. The van der Waals surface area contributed by atoms with Crippen molar-refractivity contribution in [2.24, 2.45) is 0 Å². The number of aromatic nitrogens is 3. The Morgan fingerprint density at radius 2 is 2.04 bits per heavy atom. The molecule has 0 bridgehead atoms. The Bertz CT molecular complexity index is 1040. The Morgan fingerprint density at radius 3 is 2.75 bits per heavy atom. The van der Waals surface area contributed by atoms with E-state index in [0.717, 1.165) is 6.07 Å². The number of nitrogens with one attached hydrogen (secondary N) is 1. The van der Waals surface area contributed by atoms with Crippen LogP contribution in [0.3, 0.4) is 0 Å². The van der Waals surface area contributed by atoms with Gasteiger partial charge in [-0.2, -0.15) is 0 Å². The first-order valence-corrected chi connectivity index (χ1v) is 8.98. The summed E-state index contributed by atoms with van der Waals surface area (Å²) in [5.41, 5.74) is 0.0377. The van der Waals surface area contributed by atoms with Crippen molar-refractivity contribution < 1.29 is 17.5 Å². The molecule has 0 aliphatic rings. The molecule has 0 saturated carbocycles. The molecule has 126 valence electrons.